The van der Waals surface area contributed by atoms with Crippen LogP contribution in [0.2, 0.25) is 5.02 Å². The molecule has 2 heterocycles. The molecule has 1 fully saturated rings. The minimum absolute atomic E-state index is 0.0921. The number of benzene rings is 3. The lowest BCUT2D eigenvalue weighted by Crippen LogP contribution is -2.41. The fraction of sp³-hybridized carbons (Fsp3) is 0.321. The molecule has 1 unspecified atom stereocenters. The van der Waals surface area contributed by atoms with Crippen LogP contribution in [0.1, 0.15) is 30.4 Å². The van der Waals surface area contributed by atoms with Crippen molar-refractivity contribution in [2.75, 3.05) is 13.1 Å². The van der Waals surface area contributed by atoms with Gasteiger partial charge in [-0.25, -0.2) is 8.42 Å². The van der Waals surface area contributed by atoms with E-state index in [1.807, 2.05) is 42.5 Å². The molecule has 0 N–H and O–H groups in total. The van der Waals surface area contributed by atoms with E-state index in [1.165, 1.54) is 4.31 Å². The van der Waals surface area contributed by atoms with Gasteiger partial charge in [-0.05, 0) is 103 Å². The van der Waals surface area contributed by atoms with Crippen LogP contribution in [0.4, 0.5) is 0 Å². The number of hydrogen-bond donors (Lipinski definition) is 0. The maximum atomic E-state index is 13.3. The molecule has 0 spiro atoms. The van der Waals surface area contributed by atoms with Gasteiger partial charge in [0.1, 0.15) is 18.1 Å². The molecule has 6 nitrogen and oxygen atoms in total. The highest BCUT2D eigenvalue weighted by molar-refractivity contribution is 9.10. The number of cyclic esters (lactones) is 1. The monoisotopic (exact) mass is 603 g/mol. The summed E-state index contributed by atoms with van der Waals surface area (Å²) in [5.74, 6) is 0.888. The van der Waals surface area contributed by atoms with E-state index < -0.39 is 10.0 Å². The molecule has 0 saturated carbocycles. The number of fused-ring (bicyclic) bond motifs is 1. The van der Waals surface area contributed by atoms with Crippen molar-refractivity contribution in [3.63, 3.8) is 0 Å². The second kappa shape index (κ2) is 11.2. The maximum Gasteiger partial charge on any atom is 0.309 e. The van der Waals surface area contributed by atoms with Crippen LogP contribution in [0.5, 0.6) is 11.5 Å². The molecule has 37 heavy (non-hydrogen) atoms. The number of rotatable bonds is 5. The van der Waals surface area contributed by atoms with Crippen LogP contribution in [-0.4, -0.2) is 31.8 Å². The summed E-state index contributed by atoms with van der Waals surface area (Å²) in [5.41, 5.74) is 2.10. The van der Waals surface area contributed by atoms with Crippen molar-refractivity contribution in [1.29, 1.82) is 0 Å². The van der Waals surface area contributed by atoms with Crippen LogP contribution in [0.25, 0.3) is 0 Å². The normalized spacial score (nSPS) is 19.4. The molecule has 0 aromatic heterocycles. The summed E-state index contributed by atoms with van der Waals surface area (Å²) in [5, 5.41) is 0.632. The fourth-order valence-electron chi connectivity index (χ4n) is 5.07. The molecule has 2 aliphatic heterocycles. The van der Waals surface area contributed by atoms with Gasteiger partial charge in [-0.15, -0.1) is 0 Å². The summed E-state index contributed by atoms with van der Waals surface area (Å²) in [4.78, 5) is 13.1. The first-order valence-corrected chi connectivity index (χ1v) is 14.9. The second-order valence-electron chi connectivity index (χ2n) is 9.43. The third kappa shape index (κ3) is 6.03. The van der Waals surface area contributed by atoms with Crippen molar-refractivity contribution in [1.82, 2.24) is 4.31 Å². The zero-order valence-corrected chi connectivity index (χ0v) is 23.3. The standard InChI is InChI=1S/C28H27BrClNO5S/c29-22-3-6-24(7-4-22)36-25-8-10-26(11-9-25)37(33,34)31-15-13-20(14-16-31)27-12-2-19-1-5-23(30)17-21(19)18-35-28(27)32/h1,3-11,17,20,27H,2,12-16,18H2. The first-order chi connectivity index (χ1) is 17.8. The van der Waals surface area contributed by atoms with E-state index in [1.54, 1.807) is 24.3 Å². The lowest BCUT2D eigenvalue weighted by molar-refractivity contribution is -0.153. The average Bonchev–Trinajstić information content (AvgIpc) is 2.89. The smallest absolute Gasteiger partial charge is 0.309 e. The molecule has 194 valence electrons. The summed E-state index contributed by atoms with van der Waals surface area (Å²) < 4.78 is 40.4. The van der Waals surface area contributed by atoms with Crippen molar-refractivity contribution in [2.45, 2.75) is 37.2 Å². The van der Waals surface area contributed by atoms with E-state index in [0.29, 0.717) is 48.9 Å². The van der Waals surface area contributed by atoms with Crippen LogP contribution in [0.3, 0.4) is 0 Å². The van der Waals surface area contributed by atoms with E-state index in [0.717, 1.165) is 22.0 Å². The second-order valence-corrected chi connectivity index (χ2v) is 12.7. The molecule has 1 atom stereocenters. The zero-order valence-electron chi connectivity index (χ0n) is 20.1. The Morgan fingerprint density at radius 2 is 1.54 bits per heavy atom. The molecule has 9 heteroatoms. The molecule has 0 amide bonds. The molecule has 1 saturated heterocycles. The van der Waals surface area contributed by atoms with Gasteiger partial charge in [-0.1, -0.05) is 33.6 Å². The Morgan fingerprint density at radius 1 is 0.892 bits per heavy atom. The van der Waals surface area contributed by atoms with Gasteiger partial charge in [0.25, 0.3) is 0 Å². The van der Waals surface area contributed by atoms with E-state index in [-0.39, 0.29) is 29.3 Å². The predicted octanol–water partition coefficient (Wildman–Crippen LogP) is 6.60. The van der Waals surface area contributed by atoms with E-state index in [9.17, 15) is 13.2 Å². The Morgan fingerprint density at radius 3 is 2.22 bits per heavy atom. The number of carbonyl (C=O) groups excluding carboxylic acids is 1. The fourth-order valence-corrected chi connectivity index (χ4v) is 7.00. The summed E-state index contributed by atoms with van der Waals surface area (Å²) in [7, 11) is -3.64. The quantitative estimate of drug-likeness (QED) is 0.307. The Hall–Kier alpha value is -2.39. The third-order valence-corrected chi connectivity index (χ3v) is 9.82. The highest BCUT2D eigenvalue weighted by Gasteiger charge is 2.36. The number of piperidine rings is 1. The Kier molecular flexibility index (Phi) is 7.91. The highest BCUT2D eigenvalue weighted by atomic mass is 79.9. The van der Waals surface area contributed by atoms with Gasteiger partial charge in [0.2, 0.25) is 10.0 Å². The third-order valence-electron chi connectivity index (χ3n) is 7.14. The number of halogens is 2. The van der Waals surface area contributed by atoms with Crippen molar-refractivity contribution in [3.05, 3.63) is 87.4 Å². The SMILES string of the molecule is O=C1OCc2cc(Cl)ccc2CCC1C1CCN(S(=O)(=O)c2ccc(Oc3ccc(Br)cc3)cc2)CC1. The van der Waals surface area contributed by atoms with Gasteiger partial charge in [0.15, 0.2) is 0 Å². The summed E-state index contributed by atoms with van der Waals surface area (Å²) >= 11 is 9.49. The first kappa shape index (κ1) is 26.2. The van der Waals surface area contributed by atoms with Gasteiger partial charge in [-0.2, -0.15) is 4.31 Å². The van der Waals surface area contributed by atoms with Crippen molar-refractivity contribution in [2.24, 2.45) is 11.8 Å². The number of hydrogen-bond acceptors (Lipinski definition) is 5. The highest BCUT2D eigenvalue weighted by Crippen LogP contribution is 2.34. The minimum atomic E-state index is -3.64. The Labute approximate surface area is 230 Å². The molecule has 3 aromatic carbocycles. The molecule has 0 radical (unpaired) electrons. The lowest BCUT2D eigenvalue weighted by atomic mass is 9.80. The lowest BCUT2D eigenvalue weighted by Gasteiger charge is -2.35. The average molecular weight is 605 g/mol. The molecule has 3 aromatic rings. The molecule has 5 rings (SSSR count). The number of carbonyl (C=O) groups is 1. The molecule has 2 aliphatic rings. The molecular weight excluding hydrogens is 578 g/mol. The van der Waals surface area contributed by atoms with E-state index in [4.69, 9.17) is 21.1 Å². The van der Waals surface area contributed by atoms with Crippen molar-refractivity contribution in [3.8, 4) is 11.5 Å². The summed E-state index contributed by atoms with van der Waals surface area (Å²) in [6.07, 6.45) is 2.71. The predicted molar refractivity (Wildman–Crippen MR) is 145 cm³/mol. The van der Waals surface area contributed by atoms with Crippen LogP contribution < -0.4 is 4.74 Å². The van der Waals surface area contributed by atoms with E-state index in [2.05, 4.69) is 15.9 Å². The number of nitrogens with zero attached hydrogens (tertiary/aromatic N) is 1. The van der Waals surface area contributed by atoms with Gasteiger partial charge >= 0.3 is 5.97 Å². The number of esters is 1. The number of aryl methyl sites for hydroxylation is 1. The Bertz CT molecular complexity index is 1370. The van der Waals surface area contributed by atoms with Gasteiger partial charge in [0, 0.05) is 22.6 Å². The van der Waals surface area contributed by atoms with Crippen LogP contribution >= 0.6 is 27.5 Å². The first-order valence-electron chi connectivity index (χ1n) is 12.3. The summed E-state index contributed by atoms with van der Waals surface area (Å²) in [6, 6.07) is 19.6. The maximum absolute atomic E-state index is 13.3. The minimum Gasteiger partial charge on any atom is -0.461 e. The molecular formula is C28H27BrClNO5S. The van der Waals surface area contributed by atoms with Gasteiger partial charge in [-0.3, -0.25) is 4.79 Å². The van der Waals surface area contributed by atoms with E-state index >= 15 is 0 Å². The largest absolute Gasteiger partial charge is 0.461 e. The molecule has 0 aliphatic carbocycles. The van der Waals surface area contributed by atoms with Crippen LogP contribution in [-0.2, 0) is 32.6 Å². The topological polar surface area (TPSA) is 72.9 Å². The zero-order chi connectivity index (χ0) is 26.0. The number of ether oxygens (including phenoxy) is 2. The van der Waals surface area contributed by atoms with Crippen molar-refractivity contribution >= 4 is 43.5 Å². The number of sulfonamides is 1. The van der Waals surface area contributed by atoms with Crippen LogP contribution in [0.15, 0.2) is 76.1 Å². The Balaban J connectivity index is 1.20. The van der Waals surface area contributed by atoms with Crippen molar-refractivity contribution < 1.29 is 22.7 Å². The van der Waals surface area contributed by atoms with Gasteiger partial charge in [0.05, 0.1) is 10.8 Å². The molecule has 0 bridgehead atoms. The summed E-state index contributed by atoms with van der Waals surface area (Å²) in [6.45, 7) is 0.972. The van der Waals surface area contributed by atoms with Crippen LogP contribution in [0, 0.1) is 11.8 Å². The van der Waals surface area contributed by atoms with Gasteiger partial charge < -0.3 is 9.47 Å².